The average Bonchev–Trinajstić information content (AvgIpc) is 2.44. The lowest BCUT2D eigenvalue weighted by Crippen LogP contribution is -2.24. The first-order valence-corrected chi connectivity index (χ1v) is 7.70. The summed E-state index contributed by atoms with van der Waals surface area (Å²) in [7, 11) is 0. The minimum Gasteiger partial charge on any atom is -0.310 e. The van der Waals surface area contributed by atoms with Crippen molar-refractivity contribution in [3.05, 3.63) is 69.0 Å². The number of aryl methyl sites for hydroxylation is 1. The van der Waals surface area contributed by atoms with Crippen molar-refractivity contribution in [3.63, 3.8) is 0 Å². The molecule has 0 heterocycles. The molecule has 112 valence electrons. The zero-order chi connectivity index (χ0) is 15.4. The lowest BCUT2D eigenvalue weighted by Gasteiger charge is -2.20. The van der Waals surface area contributed by atoms with E-state index in [1.165, 1.54) is 0 Å². The number of nitrogens with one attached hydrogen (secondary N) is 1. The van der Waals surface area contributed by atoms with Crippen LogP contribution in [-0.4, -0.2) is 6.54 Å². The molecule has 2 aromatic rings. The highest BCUT2D eigenvalue weighted by atomic mass is 35.5. The maximum Gasteiger partial charge on any atom is 0.146 e. The number of hydrogen-bond donors (Lipinski definition) is 1. The highest BCUT2D eigenvalue weighted by Gasteiger charge is 2.18. The fourth-order valence-electron chi connectivity index (χ4n) is 2.37. The van der Waals surface area contributed by atoms with Crippen LogP contribution in [0.25, 0.3) is 0 Å². The van der Waals surface area contributed by atoms with Crippen molar-refractivity contribution < 1.29 is 4.39 Å². The van der Waals surface area contributed by atoms with Crippen LogP contribution in [0.15, 0.2) is 36.4 Å². The van der Waals surface area contributed by atoms with Gasteiger partial charge in [0, 0.05) is 16.6 Å². The van der Waals surface area contributed by atoms with E-state index >= 15 is 0 Å². The first-order chi connectivity index (χ1) is 10.0. The van der Waals surface area contributed by atoms with Crippen molar-refractivity contribution in [3.8, 4) is 0 Å². The predicted octanol–water partition coefficient (Wildman–Crippen LogP) is 5.33. The molecule has 0 radical (unpaired) electrons. The topological polar surface area (TPSA) is 12.0 Å². The Labute approximate surface area is 135 Å². The van der Waals surface area contributed by atoms with Crippen LogP contribution < -0.4 is 5.32 Å². The van der Waals surface area contributed by atoms with Gasteiger partial charge >= 0.3 is 0 Å². The summed E-state index contributed by atoms with van der Waals surface area (Å²) in [6, 6.07) is 10.9. The average molecular weight is 326 g/mol. The van der Waals surface area contributed by atoms with Crippen LogP contribution in [0.3, 0.4) is 0 Å². The molecule has 0 aliphatic carbocycles. The monoisotopic (exact) mass is 325 g/mol. The molecular formula is C17H18Cl2FN. The maximum absolute atomic E-state index is 14.2. The van der Waals surface area contributed by atoms with Gasteiger partial charge in [0.25, 0.3) is 0 Å². The molecule has 0 aliphatic heterocycles. The smallest absolute Gasteiger partial charge is 0.146 e. The molecule has 0 spiro atoms. The Bertz CT molecular complexity index is 628. The Morgan fingerprint density at radius 2 is 1.90 bits per heavy atom. The fraction of sp³-hybridized carbons (Fsp3) is 0.294. The Morgan fingerprint density at radius 1 is 1.14 bits per heavy atom. The van der Waals surface area contributed by atoms with E-state index in [4.69, 9.17) is 23.2 Å². The summed E-state index contributed by atoms with van der Waals surface area (Å²) in [6.07, 6.45) is 0.615. The van der Waals surface area contributed by atoms with Gasteiger partial charge in [-0.05, 0) is 43.1 Å². The second-order valence-electron chi connectivity index (χ2n) is 5.05. The molecule has 2 aromatic carbocycles. The van der Waals surface area contributed by atoms with Gasteiger partial charge in [-0.15, -0.1) is 0 Å². The molecule has 0 aromatic heterocycles. The Balaban J connectivity index is 2.33. The second-order valence-corrected chi connectivity index (χ2v) is 5.87. The Kier molecular flexibility index (Phi) is 5.63. The lowest BCUT2D eigenvalue weighted by atomic mass is 9.97. The van der Waals surface area contributed by atoms with Gasteiger partial charge in [-0.2, -0.15) is 0 Å². The molecule has 0 aliphatic rings. The summed E-state index contributed by atoms with van der Waals surface area (Å²) in [5.41, 5.74) is 2.67. The Hall–Kier alpha value is -1.09. The van der Waals surface area contributed by atoms with E-state index in [1.807, 2.05) is 32.0 Å². The van der Waals surface area contributed by atoms with Crippen molar-refractivity contribution in [2.45, 2.75) is 26.3 Å². The quantitative estimate of drug-likeness (QED) is 0.782. The molecule has 0 fully saturated rings. The third-order valence-corrected chi connectivity index (χ3v) is 4.08. The molecular weight excluding hydrogens is 308 g/mol. The molecule has 21 heavy (non-hydrogen) atoms. The van der Waals surface area contributed by atoms with Crippen LogP contribution in [-0.2, 0) is 6.42 Å². The van der Waals surface area contributed by atoms with Gasteiger partial charge in [0.1, 0.15) is 5.82 Å². The summed E-state index contributed by atoms with van der Waals surface area (Å²) in [5, 5.41) is 4.15. The molecule has 1 unspecified atom stereocenters. The number of hydrogen-bond acceptors (Lipinski definition) is 1. The minimum atomic E-state index is -0.367. The normalized spacial score (nSPS) is 12.4. The SMILES string of the molecule is CCNC(Cc1ccc(C)cc1Cl)c1cccc(Cl)c1F. The van der Waals surface area contributed by atoms with Gasteiger partial charge in [-0.3, -0.25) is 0 Å². The van der Waals surface area contributed by atoms with Crippen LogP contribution >= 0.6 is 23.2 Å². The van der Waals surface area contributed by atoms with Gasteiger partial charge in [0.15, 0.2) is 0 Å². The van der Waals surface area contributed by atoms with Crippen LogP contribution in [0.4, 0.5) is 4.39 Å². The standard InChI is InChI=1S/C17H18Cl2FN/c1-3-21-16(13-5-4-6-14(18)17(13)20)10-12-8-7-11(2)9-15(12)19/h4-9,16,21H,3,10H2,1-2H3. The number of likely N-dealkylation sites (N-methyl/N-ethyl adjacent to an activating group) is 1. The zero-order valence-corrected chi connectivity index (χ0v) is 13.6. The van der Waals surface area contributed by atoms with Gasteiger partial charge < -0.3 is 5.32 Å². The van der Waals surface area contributed by atoms with Gasteiger partial charge in [0.2, 0.25) is 0 Å². The van der Waals surface area contributed by atoms with Crippen LogP contribution in [0.2, 0.25) is 10.0 Å². The summed E-state index contributed by atoms with van der Waals surface area (Å²) in [4.78, 5) is 0. The first-order valence-electron chi connectivity index (χ1n) is 6.95. The molecule has 1 atom stereocenters. The van der Waals surface area contributed by atoms with E-state index in [9.17, 15) is 4.39 Å². The van der Waals surface area contributed by atoms with E-state index in [0.717, 1.165) is 17.7 Å². The molecule has 0 amide bonds. The second kappa shape index (κ2) is 7.26. The van der Waals surface area contributed by atoms with Crippen LogP contribution in [0, 0.1) is 12.7 Å². The number of rotatable bonds is 5. The summed E-state index contributed by atoms with van der Waals surface area (Å²) in [6.45, 7) is 4.72. The molecule has 0 saturated carbocycles. The molecule has 1 nitrogen and oxygen atoms in total. The molecule has 0 bridgehead atoms. The molecule has 0 saturated heterocycles. The largest absolute Gasteiger partial charge is 0.310 e. The number of halogens is 3. The van der Waals surface area contributed by atoms with E-state index < -0.39 is 0 Å². The zero-order valence-electron chi connectivity index (χ0n) is 12.1. The third-order valence-electron chi connectivity index (χ3n) is 3.44. The van der Waals surface area contributed by atoms with Gasteiger partial charge in [-0.25, -0.2) is 4.39 Å². The van der Waals surface area contributed by atoms with E-state index in [-0.39, 0.29) is 16.9 Å². The predicted molar refractivity (Wildman–Crippen MR) is 87.7 cm³/mol. The summed E-state index contributed by atoms with van der Waals surface area (Å²) < 4.78 is 14.2. The van der Waals surface area contributed by atoms with Crippen LogP contribution in [0.5, 0.6) is 0 Å². The Morgan fingerprint density at radius 3 is 2.57 bits per heavy atom. The molecule has 4 heteroatoms. The highest BCUT2D eigenvalue weighted by molar-refractivity contribution is 6.31. The van der Waals surface area contributed by atoms with Crippen molar-refractivity contribution in [2.24, 2.45) is 0 Å². The third kappa shape index (κ3) is 3.97. The first kappa shape index (κ1) is 16.3. The minimum absolute atomic E-state index is 0.144. The maximum atomic E-state index is 14.2. The van der Waals surface area contributed by atoms with E-state index in [2.05, 4.69) is 5.32 Å². The van der Waals surface area contributed by atoms with Crippen molar-refractivity contribution in [1.29, 1.82) is 0 Å². The molecule has 2 rings (SSSR count). The number of benzene rings is 2. The van der Waals surface area contributed by atoms with Crippen LogP contribution in [0.1, 0.15) is 29.7 Å². The van der Waals surface area contributed by atoms with Crippen molar-refractivity contribution >= 4 is 23.2 Å². The van der Waals surface area contributed by atoms with Crippen molar-refractivity contribution in [1.82, 2.24) is 5.32 Å². The van der Waals surface area contributed by atoms with Gasteiger partial charge in [-0.1, -0.05) is 54.4 Å². The van der Waals surface area contributed by atoms with E-state index in [0.29, 0.717) is 17.0 Å². The fourth-order valence-corrected chi connectivity index (χ4v) is 2.86. The summed E-state index contributed by atoms with van der Waals surface area (Å²) >= 11 is 12.2. The molecule has 1 N–H and O–H groups in total. The highest BCUT2D eigenvalue weighted by Crippen LogP contribution is 2.28. The van der Waals surface area contributed by atoms with E-state index in [1.54, 1.807) is 18.2 Å². The lowest BCUT2D eigenvalue weighted by molar-refractivity contribution is 0.510. The van der Waals surface area contributed by atoms with Crippen molar-refractivity contribution in [2.75, 3.05) is 6.54 Å². The summed E-state index contributed by atoms with van der Waals surface area (Å²) in [5.74, 6) is -0.367. The van der Waals surface area contributed by atoms with Gasteiger partial charge in [0.05, 0.1) is 5.02 Å².